The lowest BCUT2D eigenvalue weighted by atomic mass is 9.67. The van der Waals surface area contributed by atoms with Crippen LogP contribution < -0.4 is 0 Å². The zero-order chi connectivity index (χ0) is 10.9. The van der Waals surface area contributed by atoms with Gasteiger partial charge in [-0.2, -0.15) is 0 Å². The van der Waals surface area contributed by atoms with Crippen molar-refractivity contribution >= 4 is 5.78 Å². The fourth-order valence-electron chi connectivity index (χ4n) is 3.97. The van der Waals surface area contributed by atoms with Crippen molar-refractivity contribution in [1.29, 1.82) is 0 Å². The fraction of sp³-hybridized carbons (Fsp3) is 0.929. The summed E-state index contributed by atoms with van der Waals surface area (Å²) < 4.78 is 0. The first-order valence-corrected chi connectivity index (χ1v) is 6.68. The third-order valence-corrected chi connectivity index (χ3v) is 4.49. The minimum Gasteiger partial charge on any atom is -0.299 e. The van der Waals surface area contributed by atoms with E-state index in [0.29, 0.717) is 11.7 Å². The minimum atomic E-state index is 0.116. The molecule has 1 unspecified atom stereocenters. The molecule has 2 saturated carbocycles. The summed E-state index contributed by atoms with van der Waals surface area (Å²) in [5.41, 5.74) is 0.116. The average molecular weight is 208 g/mol. The summed E-state index contributed by atoms with van der Waals surface area (Å²) in [6.45, 7) is 4.53. The molecule has 0 spiro atoms. The lowest BCUT2D eigenvalue weighted by Crippen LogP contribution is -2.34. The summed E-state index contributed by atoms with van der Waals surface area (Å²) in [6, 6.07) is 0. The molecule has 2 rings (SSSR count). The second-order valence-corrected chi connectivity index (χ2v) is 6.01. The van der Waals surface area contributed by atoms with Crippen molar-refractivity contribution < 1.29 is 4.79 Å². The number of ketones is 1. The molecule has 0 amide bonds. The zero-order valence-electron chi connectivity index (χ0n) is 10.2. The van der Waals surface area contributed by atoms with Gasteiger partial charge in [-0.3, -0.25) is 4.79 Å². The Morgan fingerprint density at radius 2 is 1.93 bits per heavy atom. The normalized spacial score (nSPS) is 33.1. The quantitative estimate of drug-likeness (QED) is 0.686. The molecule has 0 N–H and O–H groups in total. The van der Waals surface area contributed by atoms with E-state index in [2.05, 4.69) is 13.8 Å². The molecular weight excluding hydrogens is 184 g/mol. The molecule has 1 nitrogen and oxygen atoms in total. The Kier molecular flexibility index (Phi) is 3.18. The van der Waals surface area contributed by atoms with Gasteiger partial charge in [0.1, 0.15) is 5.78 Å². The number of hydrogen-bond acceptors (Lipinski definition) is 1. The van der Waals surface area contributed by atoms with Gasteiger partial charge in [-0.05, 0) is 43.9 Å². The van der Waals surface area contributed by atoms with Gasteiger partial charge in [0.2, 0.25) is 0 Å². The van der Waals surface area contributed by atoms with Crippen LogP contribution in [0.1, 0.15) is 65.2 Å². The van der Waals surface area contributed by atoms with Crippen LogP contribution in [0.3, 0.4) is 0 Å². The number of hydrogen-bond donors (Lipinski definition) is 0. The van der Waals surface area contributed by atoms with Gasteiger partial charge in [-0.25, -0.2) is 0 Å². The first-order valence-electron chi connectivity index (χ1n) is 6.68. The molecule has 15 heavy (non-hydrogen) atoms. The summed E-state index contributed by atoms with van der Waals surface area (Å²) in [5, 5.41) is 0. The van der Waals surface area contributed by atoms with Gasteiger partial charge in [0, 0.05) is 11.8 Å². The second-order valence-electron chi connectivity index (χ2n) is 6.01. The van der Waals surface area contributed by atoms with E-state index in [4.69, 9.17) is 0 Å². The molecule has 0 saturated heterocycles. The molecule has 0 aromatic carbocycles. The van der Waals surface area contributed by atoms with Crippen LogP contribution in [-0.4, -0.2) is 5.78 Å². The van der Waals surface area contributed by atoms with Crippen molar-refractivity contribution in [3.05, 3.63) is 0 Å². The van der Waals surface area contributed by atoms with Crippen LogP contribution in [0.5, 0.6) is 0 Å². The number of carbonyl (C=O) groups is 1. The molecule has 1 atom stereocenters. The molecule has 0 bridgehead atoms. The van der Waals surface area contributed by atoms with Crippen LogP contribution in [0, 0.1) is 17.3 Å². The maximum atomic E-state index is 12.2. The fourth-order valence-corrected chi connectivity index (χ4v) is 3.97. The SMILES string of the molecule is CC(C)CC1(C2CCCC2)CCCC1=O. The molecular formula is C14H24O. The maximum Gasteiger partial charge on any atom is 0.139 e. The van der Waals surface area contributed by atoms with Gasteiger partial charge in [0.15, 0.2) is 0 Å². The van der Waals surface area contributed by atoms with Crippen molar-refractivity contribution in [2.24, 2.45) is 17.3 Å². The van der Waals surface area contributed by atoms with E-state index < -0.39 is 0 Å². The standard InChI is InChI=1S/C14H24O/c1-11(2)10-14(9-5-8-13(14)15)12-6-3-4-7-12/h11-12H,3-10H2,1-2H3. The molecule has 0 radical (unpaired) electrons. The first-order chi connectivity index (χ1) is 7.15. The Hall–Kier alpha value is -0.330. The predicted octanol–water partition coefficient (Wildman–Crippen LogP) is 3.96. The summed E-state index contributed by atoms with van der Waals surface area (Å²) in [7, 11) is 0. The third-order valence-electron chi connectivity index (χ3n) is 4.49. The van der Waals surface area contributed by atoms with Crippen molar-refractivity contribution in [3.8, 4) is 0 Å². The van der Waals surface area contributed by atoms with Crippen LogP contribution in [-0.2, 0) is 4.79 Å². The average Bonchev–Trinajstić information content (AvgIpc) is 2.76. The maximum absolute atomic E-state index is 12.2. The van der Waals surface area contributed by atoms with Crippen LogP contribution in [0.2, 0.25) is 0 Å². The Bertz CT molecular complexity index is 238. The van der Waals surface area contributed by atoms with Gasteiger partial charge in [-0.15, -0.1) is 0 Å². The van der Waals surface area contributed by atoms with E-state index in [1.54, 1.807) is 0 Å². The summed E-state index contributed by atoms with van der Waals surface area (Å²) >= 11 is 0. The van der Waals surface area contributed by atoms with Crippen LogP contribution in [0.25, 0.3) is 0 Å². The van der Waals surface area contributed by atoms with Crippen LogP contribution in [0.4, 0.5) is 0 Å². The predicted molar refractivity (Wildman–Crippen MR) is 62.7 cm³/mol. The highest BCUT2D eigenvalue weighted by atomic mass is 16.1. The minimum absolute atomic E-state index is 0.116. The summed E-state index contributed by atoms with van der Waals surface area (Å²) in [4.78, 5) is 12.2. The molecule has 2 aliphatic carbocycles. The largest absolute Gasteiger partial charge is 0.299 e. The van der Waals surface area contributed by atoms with Gasteiger partial charge < -0.3 is 0 Å². The first kappa shape index (κ1) is 11.2. The molecule has 0 aromatic heterocycles. The number of rotatable bonds is 3. The van der Waals surface area contributed by atoms with E-state index in [1.165, 1.54) is 32.1 Å². The molecule has 2 aliphatic rings. The van der Waals surface area contributed by atoms with E-state index in [9.17, 15) is 4.79 Å². The Balaban J connectivity index is 2.17. The molecule has 1 heteroatoms. The lowest BCUT2D eigenvalue weighted by molar-refractivity contribution is -0.129. The van der Waals surface area contributed by atoms with E-state index in [1.807, 2.05) is 0 Å². The van der Waals surface area contributed by atoms with Gasteiger partial charge in [0.05, 0.1) is 0 Å². The molecule has 2 fully saturated rings. The van der Waals surface area contributed by atoms with Gasteiger partial charge in [0.25, 0.3) is 0 Å². The van der Waals surface area contributed by atoms with Gasteiger partial charge >= 0.3 is 0 Å². The highest BCUT2D eigenvalue weighted by Gasteiger charge is 2.48. The van der Waals surface area contributed by atoms with E-state index in [-0.39, 0.29) is 5.41 Å². The lowest BCUT2D eigenvalue weighted by Gasteiger charge is -2.35. The van der Waals surface area contributed by atoms with Crippen molar-refractivity contribution in [3.63, 3.8) is 0 Å². The Morgan fingerprint density at radius 1 is 1.27 bits per heavy atom. The summed E-state index contributed by atoms with van der Waals surface area (Å²) in [5.74, 6) is 2.01. The highest BCUT2D eigenvalue weighted by molar-refractivity contribution is 5.87. The van der Waals surface area contributed by atoms with E-state index >= 15 is 0 Å². The van der Waals surface area contributed by atoms with Gasteiger partial charge in [-0.1, -0.05) is 26.7 Å². The topological polar surface area (TPSA) is 17.1 Å². The molecule has 0 heterocycles. The summed E-state index contributed by atoms with van der Waals surface area (Å²) in [6.07, 6.45) is 9.71. The van der Waals surface area contributed by atoms with Crippen molar-refractivity contribution in [2.75, 3.05) is 0 Å². The van der Waals surface area contributed by atoms with Crippen LogP contribution >= 0.6 is 0 Å². The highest BCUT2D eigenvalue weighted by Crippen LogP contribution is 2.51. The smallest absolute Gasteiger partial charge is 0.139 e. The molecule has 0 aliphatic heterocycles. The van der Waals surface area contributed by atoms with Crippen molar-refractivity contribution in [1.82, 2.24) is 0 Å². The van der Waals surface area contributed by atoms with Crippen molar-refractivity contribution in [2.45, 2.75) is 65.2 Å². The Labute approximate surface area is 93.6 Å². The number of Topliss-reactive ketones (excluding diaryl/α,β-unsaturated/α-hetero) is 1. The second kappa shape index (κ2) is 4.27. The zero-order valence-corrected chi connectivity index (χ0v) is 10.2. The van der Waals surface area contributed by atoms with Crippen LogP contribution in [0.15, 0.2) is 0 Å². The molecule has 86 valence electrons. The van der Waals surface area contributed by atoms with E-state index in [0.717, 1.165) is 25.2 Å². The number of carbonyl (C=O) groups excluding carboxylic acids is 1. The Morgan fingerprint density at radius 3 is 2.40 bits per heavy atom. The third kappa shape index (κ3) is 1.98. The monoisotopic (exact) mass is 208 g/mol. The molecule has 0 aromatic rings.